The van der Waals surface area contributed by atoms with Crippen LogP contribution in [0.25, 0.3) is 0 Å². The van der Waals surface area contributed by atoms with Gasteiger partial charge in [-0.15, -0.1) is 0 Å². The van der Waals surface area contributed by atoms with Crippen molar-refractivity contribution < 1.29 is 4.79 Å². The molecule has 1 saturated carbocycles. The Morgan fingerprint density at radius 2 is 2.20 bits per heavy atom. The zero-order valence-corrected chi connectivity index (χ0v) is 9.83. The first-order valence-electron chi connectivity index (χ1n) is 5.77. The first kappa shape index (κ1) is 12.5. The molecule has 1 aliphatic rings. The van der Waals surface area contributed by atoms with Crippen molar-refractivity contribution in [1.29, 1.82) is 0 Å². The molecule has 0 bridgehead atoms. The van der Waals surface area contributed by atoms with Crippen molar-refractivity contribution in [2.45, 2.75) is 31.7 Å². The van der Waals surface area contributed by atoms with Crippen molar-refractivity contribution in [2.24, 2.45) is 11.7 Å². The summed E-state index contributed by atoms with van der Waals surface area (Å²) >= 11 is 0. The molecule has 4 heteroatoms. The summed E-state index contributed by atoms with van der Waals surface area (Å²) in [7, 11) is 4.08. The average molecular weight is 213 g/mol. The summed E-state index contributed by atoms with van der Waals surface area (Å²) in [4.78, 5) is 13.8. The van der Waals surface area contributed by atoms with E-state index in [2.05, 4.69) is 10.2 Å². The SMILES string of the molecule is CN(C)CCCNC(=O)C1CCC(N)C1. The maximum Gasteiger partial charge on any atom is 0.223 e. The number of hydrogen-bond donors (Lipinski definition) is 2. The molecular formula is C11H23N3O. The van der Waals surface area contributed by atoms with Gasteiger partial charge in [-0.3, -0.25) is 4.79 Å². The van der Waals surface area contributed by atoms with Gasteiger partial charge in [0.2, 0.25) is 5.91 Å². The quantitative estimate of drug-likeness (QED) is 0.641. The lowest BCUT2D eigenvalue weighted by atomic mass is 10.1. The van der Waals surface area contributed by atoms with Gasteiger partial charge >= 0.3 is 0 Å². The molecule has 1 aliphatic carbocycles. The molecule has 1 rings (SSSR count). The third kappa shape index (κ3) is 4.62. The Bertz CT molecular complexity index is 206. The van der Waals surface area contributed by atoms with Crippen molar-refractivity contribution in [2.75, 3.05) is 27.2 Å². The van der Waals surface area contributed by atoms with E-state index in [0.717, 1.165) is 38.8 Å². The maximum absolute atomic E-state index is 11.7. The molecule has 3 N–H and O–H groups in total. The van der Waals surface area contributed by atoms with Crippen LogP contribution < -0.4 is 11.1 Å². The molecule has 4 nitrogen and oxygen atoms in total. The highest BCUT2D eigenvalue weighted by atomic mass is 16.1. The Kier molecular flexibility index (Phi) is 5.05. The van der Waals surface area contributed by atoms with E-state index < -0.39 is 0 Å². The monoisotopic (exact) mass is 213 g/mol. The highest BCUT2D eigenvalue weighted by Gasteiger charge is 2.27. The summed E-state index contributed by atoms with van der Waals surface area (Å²) in [6, 6.07) is 0.238. The topological polar surface area (TPSA) is 58.4 Å². The molecule has 0 saturated heterocycles. The molecule has 15 heavy (non-hydrogen) atoms. The summed E-state index contributed by atoms with van der Waals surface area (Å²) in [5.74, 6) is 0.362. The second-order valence-electron chi connectivity index (χ2n) is 4.72. The number of nitrogens with two attached hydrogens (primary N) is 1. The number of amides is 1. The van der Waals surface area contributed by atoms with Crippen LogP contribution in [0.3, 0.4) is 0 Å². The van der Waals surface area contributed by atoms with Crippen LogP contribution in [0.2, 0.25) is 0 Å². The predicted molar refractivity (Wildman–Crippen MR) is 61.5 cm³/mol. The minimum Gasteiger partial charge on any atom is -0.356 e. The van der Waals surface area contributed by atoms with Crippen molar-refractivity contribution >= 4 is 5.91 Å². The number of nitrogens with zero attached hydrogens (tertiary/aromatic N) is 1. The smallest absolute Gasteiger partial charge is 0.223 e. The van der Waals surface area contributed by atoms with Gasteiger partial charge in [0.15, 0.2) is 0 Å². The Morgan fingerprint density at radius 3 is 2.73 bits per heavy atom. The number of carbonyl (C=O) groups is 1. The molecule has 1 amide bonds. The molecule has 88 valence electrons. The van der Waals surface area contributed by atoms with Crippen molar-refractivity contribution in [3.63, 3.8) is 0 Å². The molecule has 2 unspecified atom stereocenters. The van der Waals surface area contributed by atoms with Gasteiger partial charge in [0, 0.05) is 18.5 Å². The zero-order chi connectivity index (χ0) is 11.3. The first-order valence-corrected chi connectivity index (χ1v) is 5.77. The Morgan fingerprint density at radius 1 is 1.47 bits per heavy atom. The summed E-state index contributed by atoms with van der Waals surface area (Å²) in [6.07, 6.45) is 3.83. The van der Waals surface area contributed by atoms with E-state index in [4.69, 9.17) is 5.73 Å². The third-order valence-corrected chi connectivity index (χ3v) is 2.93. The number of hydrogen-bond acceptors (Lipinski definition) is 3. The second kappa shape index (κ2) is 6.08. The van der Waals surface area contributed by atoms with Crippen LogP contribution in [0.4, 0.5) is 0 Å². The largest absolute Gasteiger partial charge is 0.356 e. The van der Waals surface area contributed by atoms with Gasteiger partial charge in [-0.05, 0) is 46.3 Å². The molecule has 0 aromatic rings. The van der Waals surface area contributed by atoms with Gasteiger partial charge < -0.3 is 16.0 Å². The summed E-state index contributed by atoms with van der Waals surface area (Å²) in [5, 5.41) is 2.98. The average Bonchev–Trinajstić information content (AvgIpc) is 2.59. The fourth-order valence-electron chi connectivity index (χ4n) is 2.01. The minimum absolute atomic E-state index is 0.166. The van der Waals surface area contributed by atoms with Gasteiger partial charge in [-0.1, -0.05) is 0 Å². The van der Waals surface area contributed by atoms with Gasteiger partial charge in [0.1, 0.15) is 0 Å². The van der Waals surface area contributed by atoms with E-state index in [0.29, 0.717) is 0 Å². The molecule has 0 aromatic carbocycles. The van der Waals surface area contributed by atoms with Crippen molar-refractivity contribution in [3.8, 4) is 0 Å². The van der Waals surface area contributed by atoms with Crippen molar-refractivity contribution in [1.82, 2.24) is 10.2 Å². The lowest BCUT2D eigenvalue weighted by molar-refractivity contribution is -0.124. The summed E-state index contributed by atoms with van der Waals surface area (Å²) in [5.41, 5.74) is 5.77. The first-order chi connectivity index (χ1) is 7.09. The number of nitrogens with one attached hydrogen (secondary N) is 1. The Hall–Kier alpha value is -0.610. The molecular weight excluding hydrogens is 190 g/mol. The fourth-order valence-corrected chi connectivity index (χ4v) is 2.01. The highest BCUT2D eigenvalue weighted by molar-refractivity contribution is 5.78. The van der Waals surface area contributed by atoms with Crippen LogP contribution in [0, 0.1) is 5.92 Å². The molecule has 0 aliphatic heterocycles. The highest BCUT2D eigenvalue weighted by Crippen LogP contribution is 2.23. The Labute approximate surface area is 92.2 Å². The third-order valence-electron chi connectivity index (χ3n) is 2.93. The summed E-state index contributed by atoms with van der Waals surface area (Å²) < 4.78 is 0. The molecule has 2 atom stereocenters. The van der Waals surface area contributed by atoms with Crippen LogP contribution in [0.1, 0.15) is 25.7 Å². The number of rotatable bonds is 5. The van der Waals surface area contributed by atoms with Gasteiger partial charge in [-0.25, -0.2) is 0 Å². The summed E-state index contributed by atoms with van der Waals surface area (Å²) in [6.45, 7) is 1.80. The van der Waals surface area contributed by atoms with E-state index >= 15 is 0 Å². The van der Waals surface area contributed by atoms with Crippen LogP contribution in [0.15, 0.2) is 0 Å². The van der Waals surface area contributed by atoms with E-state index in [9.17, 15) is 4.79 Å². The van der Waals surface area contributed by atoms with E-state index in [1.807, 2.05) is 14.1 Å². The van der Waals surface area contributed by atoms with E-state index in [1.165, 1.54) is 0 Å². The molecule has 0 heterocycles. The second-order valence-corrected chi connectivity index (χ2v) is 4.72. The molecule has 0 aromatic heterocycles. The normalized spacial score (nSPS) is 25.9. The van der Waals surface area contributed by atoms with Gasteiger partial charge in [0.25, 0.3) is 0 Å². The lowest BCUT2D eigenvalue weighted by Gasteiger charge is -2.12. The van der Waals surface area contributed by atoms with Crippen molar-refractivity contribution in [3.05, 3.63) is 0 Å². The standard InChI is InChI=1S/C11H23N3O/c1-14(2)7-3-6-13-11(15)9-4-5-10(12)8-9/h9-10H,3-8,12H2,1-2H3,(H,13,15). The zero-order valence-electron chi connectivity index (χ0n) is 9.83. The predicted octanol–water partition coefficient (Wildman–Crippen LogP) is 0.182. The van der Waals surface area contributed by atoms with Crippen LogP contribution in [-0.4, -0.2) is 44.0 Å². The van der Waals surface area contributed by atoms with Crippen LogP contribution in [-0.2, 0) is 4.79 Å². The van der Waals surface area contributed by atoms with E-state index in [1.54, 1.807) is 0 Å². The van der Waals surface area contributed by atoms with E-state index in [-0.39, 0.29) is 17.9 Å². The van der Waals surface area contributed by atoms with Crippen LogP contribution >= 0.6 is 0 Å². The minimum atomic E-state index is 0.166. The Balaban J connectivity index is 2.08. The fraction of sp³-hybridized carbons (Fsp3) is 0.909. The molecule has 1 fully saturated rings. The maximum atomic E-state index is 11.7. The molecule has 0 spiro atoms. The lowest BCUT2D eigenvalue weighted by Crippen LogP contribution is -2.32. The number of carbonyl (C=O) groups excluding carboxylic acids is 1. The van der Waals surface area contributed by atoms with Crippen LogP contribution in [0.5, 0.6) is 0 Å². The molecule has 0 radical (unpaired) electrons. The van der Waals surface area contributed by atoms with Gasteiger partial charge in [0.05, 0.1) is 0 Å². The van der Waals surface area contributed by atoms with Gasteiger partial charge in [-0.2, -0.15) is 0 Å².